The summed E-state index contributed by atoms with van der Waals surface area (Å²) in [6.45, 7) is 0. The van der Waals surface area contributed by atoms with Crippen molar-refractivity contribution < 1.29 is 4.39 Å². The van der Waals surface area contributed by atoms with Crippen LogP contribution in [0.2, 0.25) is 0 Å². The fraction of sp³-hybridized carbons (Fsp3) is 0.235. The van der Waals surface area contributed by atoms with Gasteiger partial charge in [0.1, 0.15) is 11.5 Å². The van der Waals surface area contributed by atoms with Crippen molar-refractivity contribution in [2.45, 2.75) is 24.7 Å². The van der Waals surface area contributed by atoms with E-state index in [2.05, 4.69) is 25.1 Å². The molecule has 0 radical (unpaired) electrons. The van der Waals surface area contributed by atoms with Gasteiger partial charge in [0, 0.05) is 12.4 Å². The van der Waals surface area contributed by atoms with E-state index < -0.39 is 5.41 Å². The van der Waals surface area contributed by atoms with E-state index >= 15 is 0 Å². The summed E-state index contributed by atoms with van der Waals surface area (Å²) in [5.74, 6) is -0.115. The molecular formula is C17H15FN6. The van der Waals surface area contributed by atoms with Crippen LogP contribution in [0.1, 0.15) is 30.7 Å². The Bertz CT molecular complexity index is 876. The van der Waals surface area contributed by atoms with Crippen LogP contribution in [-0.2, 0) is 5.41 Å². The van der Waals surface area contributed by atoms with E-state index in [-0.39, 0.29) is 11.8 Å². The molecule has 120 valence electrons. The summed E-state index contributed by atoms with van der Waals surface area (Å²) in [5.41, 5.74) is 7.50. The first kappa shape index (κ1) is 14.6. The smallest absolute Gasteiger partial charge is 0.220 e. The SMILES string of the molecule is Nc1nccc(-c2ccc(C3(c4ncccc4F)CCC3)nn2)n1. The summed E-state index contributed by atoms with van der Waals surface area (Å²) < 4.78 is 14.2. The quantitative estimate of drug-likeness (QED) is 0.797. The van der Waals surface area contributed by atoms with Crippen LogP contribution < -0.4 is 5.73 Å². The minimum absolute atomic E-state index is 0.185. The zero-order valence-electron chi connectivity index (χ0n) is 12.9. The predicted molar refractivity (Wildman–Crippen MR) is 86.3 cm³/mol. The minimum atomic E-state index is -0.485. The number of anilines is 1. The number of nitrogens with zero attached hydrogens (tertiary/aromatic N) is 5. The molecule has 0 aliphatic heterocycles. The van der Waals surface area contributed by atoms with Crippen molar-refractivity contribution in [2.75, 3.05) is 5.73 Å². The van der Waals surface area contributed by atoms with Crippen LogP contribution in [0, 0.1) is 5.82 Å². The van der Waals surface area contributed by atoms with Crippen LogP contribution in [0.15, 0.2) is 42.7 Å². The van der Waals surface area contributed by atoms with Gasteiger partial charge in [0.25, 0.3) is 0 Å². The summed E-state index contributed by atoms with van der Waals surface area (Å²) >= 11 is 0. The molecule has 1 aliphatic carbocycles. The highest BCUT2D eigenvalue weighted by atomic mass is 19.1. The lowest BCUT2D eigenvalue weighted by Crippen LogP contribution is -2.38. The van der Waals surface area contributed by atoms with Crippen LogP contribution in [0.4, 0.5) is 10.3 Å². The molecular weight excluding hydrogens is 307 g/mol. The maximum absolute atomic E-state index is 14.2. The first-order valence-corrected chi connectivity index (χ1v) is 7.73. The molecule has 0 saturated heterocycles. The fourth-order valence-corrected chi connectivity index (χ4v) is 3.12. The number of nitrogen functional groups attached to an aromatic ring is 1. The van der Waals surface area contributed by atoms with Crippen molar-refractivity contribution in [3.63, 3.8) is 0 Å². The molecule has 0 amide bonds. The first-order valence-electron chi connectivity index (χ1n) is 7.73. The number of hydrogen-bond acceptors (Lipinski definition) is 6. The second-order valence-electron chi connectivity index (χ2n) is 5.87. The van der Waals surface area contributed by atoms with Gasteiger partial charge in [0.05, 0.1) is 22.5 Å². The Labute approximate surface area is 138 Å². The number of nitrogens with two attached hydrogens (primary N) is 1. The third-order valence-corrected chi connectivity index (χ3v) is 4.51. The average Bonchev–Trinajstić information content (AvgIpc) is 2.56. The number of pyridine rings is 1. The van der Waals surface area contributed by atoms with Gasteiger partial charge in [-0.15, -0.1) is 5.10 Å². The monoisotopic (exact) mass is 322 g/mol. The Hall–Kier alpha value is -2.96. The molecule has 4 rings (SSSR count). The van der Waals surface area contributed by atoms with Gasteiger partial charge in [-0.1, -0.05) is 6.42 Å². The zero-order chi connectivity index (χ0) is 16.6. The normalized spacial score (nSPS) is 15.7. The largest absolute Gasteiger partial charge is 0.368 e. The lowest BCUT2D eigenvalue weighted by molar-refractivity contribution is 0.273. The molecule has 0 atom stereocenters. The fourth-order valence-electron chi connectivity index (χ4n) is 3.12. The lowest BCUT2D eigenvalue weighted by atomic mass is 9.64. The molecule has 3 aromatic heterocycles. The minimum Gasteiger partial charge on any atom is -0.368 e. The van der Waals surface area contributed by atoms with E-state index in [1.807, 2.05) is 12.1 Å². The Morgan fingerprint density at radius 2 is 1.83 bits per heavy atom. The highest BCUT2D eigenvalue weighted by molar-refractivity contribution is 5.54. The summed E-state index contributed by atoms with van der Waals surface area (Å²) in [7, 11) is 0. The maximum atomic E-state index is 14.2. The van der Waals surface area contributed by atoms with Gasteiger partial charge < -0.3 is 5.73 Å². The molecule has 3 aromatic rings. The average molecular weight is 322 g/mol. The molecule has 2 N–H and O–H groups in total. The third-order valence-electron chi connectivity index (χ3n) is 4.51. The molecule has 1 saturated carbocycles. The molecule has 0 bridgehead atoms. The topological polar surface area (TPSA) is 90.5 Å². The van der Waals surface area contributed by atoms with E-state index in [9.17, 15) is 4.39 Å². The van der Waals surface area contributed by atoms with Crippen LogP contribution >= 0.6 is 0 Å². The first-order chi connectivity index (χ1) is 11.7. The molecule has 1 aliphatic rings. The van der Waals surface area contributed by atoms with E-state index in [1.165, 1.54) is 6.07 Å². The highest BCUT2D eigenvalue weighted by Gasteiger charge is 2.45. The molecule has 24 heavy (non-hydrogen) atoms. The summed E-state index contributed by atoms with van der Waals surface area (Å²) in [6, 6.07) is 8.45. The Morgan fingerprint density at radius 3 is 2.46 bits per heavy atom. The molecule has 6 nitrogen and oxygen atoms in total. The van der Waals surface area contributed by atoms with Crippen molar-refractivity contribution >= 4 is 5.95 Å². The molecule has 0 spiro atoms. The molecule has 0 unspecified atom stereocenters. The highest BCUT2D eigenvalue weighted by Crippen LogP contribution is 2.48. The number of hydrogen-bond donors (Lipinski definition) is 1. The molecule has 1 fully saturated rings. The van der Waals surface area contributed by atoms with Crippen LogP contribution in [0.5, 0.6) is 0 Å². The molecule has 0 aromatic carbocycles. The van der Waals surface area contributed by atoms with Gasteiger partial charge in [0.15, 0.2) is 0 Å². The van der Waals surface area contributed by atoms with Gasteiger partial charge in [-0.3, -0.25) is 4.98 Å². The summed E-state index contributed by atoms with van der Waals surface area (Å²) in [5, 5.41) is 8.59. The van der Waals surface area contributed by atoms with E-state index in [0.717, 1.165) is 25.0 Å². The van der Waals surface area contributed by atoms with Crippen molar-refractivity contribution in [2.24, 2.45) is 0 Å². The summed E-state index contributed by atoms with van der Waals surface area (Å²) in [6.07, 6.45) is 5.83. The van der Waals surface area contributed by atoms with Crippen LogP contribution in [-0.4, -0.2) is 25.1 Å². The van der Waals surface area contributed by atoms with Crippen molar-refractivity contribution in [3.8, 4) is 11.4 Å². The van der Waals surface area contributed by atoms with Crippen LogP contribution in [0.25, 0.3) is 11.4 Å². The second kappa shape index (κ2) is 5.59. The number of halogens is 1. The van der Waals surface area contributed by atoms with Gasteiger partial charge >= 0.3 is 0 Å². The van der Waals surface area contributed by atoms with E-state index in [1.54, 1.807) is 24.5 Å². The standard InChI is InChI=1S/C17H15FN6/c18-11-3-1-9-20-15(11)17(7-2-8-17)14-5-4-13(23-24-14)12-6-10-21-16(19)22-12/h1,3-6,9-10H,2,7-8H2,(H2,19,21,22). The molecule has 7 heteroatoms. The van der Waals surface area contributed by atoms with Crippen molar-refractivity contribution in [3.05, 3.63) is 59.9 Å². The summed E-state index contributed by atoms with van der Waals surface area (Å²) in [4.78, 5) is 12.3. The number of rotatable bonds is 3. The third kappa shape index (κ3) is 2.29. The van der Waals surface area contributed by atoms with Crippen molar-refractivity contribution in [1.29, 1.82) is 0 Å². The Balaban J connectivity index is 1.73. The maximum Gasteiger partial charge on any atom is 0.220 e. The van der Waals surface area contributed by atoms with Gasteiger partial charge in [-0.05, 0) is 43.2 Å². The van der Waals surface area contributed by atoms with Gasteiger partial charge in [0.2, 0.25) is 5.95 Å². The van der Waals surface area contributed by atoms with E-state index in [0.29, 0.717) is 17.1 Å². The second-order valence-corrected chi connectivity index (χ2v) is 5.87. The lowest BCUT2D eigenvalue weighted by Gasteiger charge is -2.40. The Morgan fingerprint density at radius 1 is 0.958 bits per heavy atom. The Kier molecular flexibility index (Phi) is 3.41. The van der Waals surface area contributed by atoms with Crippen LogP contribution in [0.3, 0.4) is 0 Å². The number of aromatic nitrogens is 5. The van der Waals surface area contributed by atoms with E-state index in [4.69, 9.17) is 5.73 Å². The van der Waals surface area contributed by atoms with Crippen molar-refractivity contribution in [1.82, 2.24) is 25.1 Å². The molecule has 3 heterocycles. The zero-order valence-corrected chi connectivity index (χ0v) is 12.9. The van der Waals surface area contributed by atoms with Gasteiger partial charge in [-0.2, -0.15) is 5.10 Å². The predicted octanol–water partition coefficient (Wildman–Crippen LogP) is 2.52. The van der Waals surface area contributed by atoms with Gasteiger partial charge in [-0.25, -0.2) is 14.4 Å².